The molecular formula is C11H11ClN6S. The fraction of sp³-hybridized carbons (Fsp3) is 0.273. The summed E-state index contributed by atoms with van der Waals surface area (Å²) in [5.74, 6) is 0.612. The fourth-order valence-electron chi connectivity index (χ4n) is 1.37. The zero-order valence-electron chi connectivity index (χ0n) is 9.93. The topological polar surface area (TPSA) is 86.5 Å². The molecule has 0 unspecified atom stereocenters. The summed E-state index contributed by atoms with van der Waals surface area (Å²) in [6.45, 7) is 1.46. The van der Waals surface area contributed by atoms with Crippen LogP contribution in [0.4, 0.5) is 10.9 Å². The number of hydrogen-bond donors (Lipinski definition) is 2. The van der Waals surface area contributed by atoms with Crippen molar-refractivity contribution in [1.29, 1.82) is 5.26 Å². The molecule has 0 saturated carbocycles. The number of hydrogen-bond acceptors (Lipinski definition) is 7. The monoisotopic (exact) mass is 294 g/mol. The summed E-state index contributed by atoms with van der Waals surface area (Å²) in [5.41, 5.74) is 0.408. The summed E-state index contributed by atoms with van der Waals surface area (Å²) in [5, 5.41) is 16.1. The Morgan fingerprint density at radius 3 is 2.74 bits per heavy atom. The van der Waals surface area contributed by atoms with Gasteiger partial charge in [0, 0.05) is 25.5 Å². The van der Waals surface area contributed by atoms with Crippen LogP contribution >= 0.6 is 23.1 Å². The Labute approximate surface area is 119 Å². The van der Waals surface area contributed by atoms with E-state index < -0.39 is 0 Å². The molecule has 0 aliphatic rings. The molecule has 2 rings (SSSR count). The predicted octanol–water partition coefficient (Wildman–Crippen LogP) is 2.37. The smallest absolute Gasteiger partial charge is 0.222 e. The maximum Gasteiger partial charge on any atom is 0.222 e. The predicted molar refractivity (Wildman–Crippen MR) is 75.5 cm³/mol. The van der Waals surface area contributed by atoms with E-state index in [2.05, 4.69) is 25.0 Å². The molecule has 2 N–H and O–H groups in total. The van der Waals surface area contributed by atoms with E-state index in [1.54, 1.807) is 18.5 Å². The lowest BCUT2D eigenvalue weighted by molar-refractivity contribution is 0.896. The first kappa shape index (κ1) is 13.5. The first-order valence-electron chi connectivity index (χ1n) is 5.61. The van der Waals surface area contributed by atoms with Gasteiger partial charge in [-0.3, -0.25) is 0 Å². The lowest BCUT2D eigenvalue weighted by atomic mass is 10.3. The molecule has 8 heteroatoms. The van der Waals surface area contributed by atoms with Crippen LogP contribution in [0.15, 0.2) is 18.5 Å². The Balaban J connectivity index is 1.71. The van der Waals surface area contributed by atoms with Crippen molar-refractivity contribution < 1.29 is 0 Å². The van der Waals surface area contributed by atoms with Gasteiger partial charge >= 0.3 is 0 Å². The van der Waals surface area contributed by atoms with Gasteiger partial charge in [-0.1, -0.05) is 11.6 Å². The zero-order valence-corrected chi connectivity index (χ0v) is 11.5. The minimum Gasteiger partial charge on any atom is -0.374 e. The Morgan fingerprint density at radius 1 is 1.26 bits per heavy atom. The van der Waals surface area contributed by atoms with Crippen molar-refractivity contribution >= 4 is 34.1 Å². The van der Waals surface area contributed by atoms with Gasteiger partial charge < -0.3 is 10.6 Å². The van der Waals surface area contributed by atoms with Gasteiger partial charge in [-0.25, -0.2) is 9.97 Å². The Kier molecular flexibility index (Phi) is 4.89. The molecule has 98 valence electrons. The Morgan fingerprint density at radius 2 is 2.00 bits per heavy atom. The van der Waals surface area contributed by atoms with Crippen LogP contribution < -0.4 is 10.6 Å². The van der Waals surface area contributed by atoms with Crippen LogP contribution in [0.25, 0.3) is 0 Å². The third-order valence-electron chi connectivity index (χ3n) is 2.25. The second-order valence-corrected chi connectivity index (χ2v) is 4.70. The Bertz CT molecular complexity index is 564. The van der Waals surface area contributed by atoms with Gasteiger partial charge in [-0.15, -0.1) is 0 Å². The summed E-state index contributed by atoms with van der Waals surface area (Å²) in [7, 11) is 0. The van der Waals surface area contributed by atoms with Crippen molar-refractivity contribution in [2.45, 2.75) is 6.42 Å². The maximum atomic E-state index is 8.90. The van der Waals surface area contributed by atoms with E-state index in [0.29, 0.717) is 23.1 Å². The quantitative estimate of drug-likeness (QED) is 0.796. The number of nitrogens with one attached hydrogen (secondary N) is 2. The molecule has 2 heterocycles. The van der Waals surface area contributed by atoms with E-state index in [1.165, 1.54) is 11.5 Å². The van der Waals surface area contributed by atoms with Gasteiger partial charge in [0.2, 0.25) is 5.95 Å². The molecule has 0 aliphatic carbocycles. The second-order valence-electron chi connectivity index (χ2n) is 3.57. The highest BCUT2D eigenvalue weighted by Gasteiger charge is 2.10. The van der Waals surface area contributed by atoms with Crippen LogP contribution in [-0.4, -0.2) is 27.4 Å². The van der Waals surface area contributed by atoms with E-state index in [9.17, 15) is 0 Å². The summed E-state index contributed by atoms with van der Waals surface area (Å²) in [4.78, 5) is 8.11. The van der Waals surface area contributed by atoms with Crippen molar-refractivity contribution in [3.05, 3.63) is 29.2 Å². The maximum absolute atomic E-state index is 8.90. The number of rotatable bonds is 6. The molecular weight excluding hydrogens is 284 g/mol. The van der Waals surface area contributed by atoms with Crippen LogP contribution in [0.2, 0.25) is 5.15 Å². The molecule has 0 fully saturated rings. The van der Waals surface area contributed by atoms with Crippen LogP contribution in [-0.2, 0) is 0 Å². The molecule has 0 aromatic carbocycles. The molecule has 2 aromatic rings. The van der Waals surface area contributed by atoms with Gasteiger partial charge in [-0.05, 0) is 24.0 Å². The molecule has 0 spiro atoms. The van der Waals surface area contributed by atoms with Crippen LogP contribution in [0.5, 0.6) is 0 Å². The fourth-order valence-corrected chi connectivity index (χ4v) is 2.33. The standard InChI is InChI=1S/C11H11ClN6S/c12-9-8(7-13)10(19-18-9)14-3-1-4-15-11-16-5-2-6-17-11/h2,5-6,14H,1,3-4H2,(H,15,16,17). The second kappa shape index (κ2) is 6.87. The van der Waals surface area contributed by atoms with E-state index in [4.69, 9.17) is 16.9 Å². The molecule has 0 aliphatic heterocycles. The average molecular weight is 295 g/mol. The molecule has 6 nitrogen and oxygen atoms in total. The lowest BCUT2D eigenvalue weighted by Gasteiger charge is -2.05. The largest absolute Gasteiger partial charge is 0.374 e. The molecule has 0 saturated heterocycles. The van der Waals surface area contributed by atoms with Crippen molar-refractivity contribution in [2.24, 2.45) is 0 Å². The molecule has 0 bridgehead atoms. The van der Waals surface area contributed by atoms with Gasteiger partial charge in [0.15, 0.2) is 5.15 Å². The van der Waals surface area contributed by atoms with Gasteiger partial charge in [0.25, 0.3) is 0 Å². The molecule has 0 atom stereocenters. The minimum absolute atomic E-state index is 0.255. The highest BCUT2D eigenvalue weighted by atomic mass is 35.5. The number of anilines is 2. The normalized spacial score (nSPS) is 9.89. The van der Waals surface area contributed by atoms with Crippen LogP contribution in [0.3, 0.4) is 0 Å². The first-order chi connectivity index (χ1) is 9.31. The SMILES string of the molecule is N#Cc1c(Cl)nsc1NCCCNc1ncccn1. The van der Waals surface area contributed by atoms with E-state index in [1.807, 2.05) is 6.07 Å². The number of nitriles is 1. The highest BCUT2D eigenvalue weighted by Crippen LogP contribution is 2.27. The lowest BCUT2D eigenvalue weighted by Crippen LogP contribution is -2.10. The van der Waals surface area contributed by atoms with Crippen molar-refractivity contribution in [3.8, 4) is 6.07 Å². The molecule has 0 amide bonds. The number of halogens is 1. The highest BCUT2D eigenvalue weighted by molar-refractivity contribution is 7.10. The summed E-state index contributed by atoms with van der Waals surface area (Å²) < 4.78 is 3.92. The average Bonchev–Trinajstić information content (AvgIpc) is 2.80. The van der Waals surface area contributed by atoms with E-state index in [-0.39, 0.29) is 5.15 Å². The van der Waals surface area contributed by atoms with Crippen LogP contribution in [0.1, 0.15) is 12.0 Å². The van der Waals surface area contributed by atoms with Crippen LogP contribution in [0, 0.1) is 11.3 Å². The van der Waals surface area contributed by atoms with Gasteiger partial charge in [0.1, 0.15) is 16.6 Å². The van der Waals surface area contributed by atoms with Gasteiger partial charge in [-0.2, -0.15) is 9.64 Å². The summed E-state index contributed by atoms with van der Waals surface area (Å²) in [6.07, 6.45) is 4.23. The third-order valence-corrected chi connectivity index (χ3v) is 3.43. The Hall–Kier alpha value is -1.91. The summed E-state index contributed by atoms with van der Waals surface area (Å²) in [6, 6.07) is 3.80. The number of nitrogens with zero attached hydrogens (tertiary/aromatic N) is 4. The van der Waals surface area contributed by atoms with Crippen molar-refractivity contribution in [1.82, 2.24) is 14.3 Å². The molecule has 0 radical (unpaired) electrons. The first-order valence-corrected chi connectivity index (χ1v) is 6.76. The van der Waals surface area contributed by atoms with E-state index in [0.717, 1.165) is 13.0 Å². The van der Waals surface area contributed by atoms with Gasteiger partial charge in [0.05, 0.1) is 0 Å². The van der Waals surface area contributed by atoms with E-state index >= 15 is 0 Å². The van der Waals surface area contributed by atoms with Crippen molar-refractivity contribution in [3.63, 3.8) is 0 Å². The zero-order chi connectivity index (χ0) is 13.5. The van der Waals surface area contributed by atoms with Crippen molar-refractivity contribution in [2.75, 3.05) is 23.7 Å². The molecule has 2 aromatic heterocycles. The number of aromatic nitrogens is 3. The summed E-state index contributed by atoms with van der Waals surface area (Å²) >= 11 is 6.97. The molecule has 19 heavy (non-hydrogen) atoms. The minimum atomic E-state index is 0.255. The third kappa shape index (κ3) is 3.77.